The summed E-state index contributed by atoms with van der Waals surface area (Å²) >= 11 is 3.56. The van der Waals surface area contributed by atoms with Gasteiger partial charge in [-0.1, -0.05) is 13.8 Å². The number of halogens is 1. The molecular formula is C12H19BrN2. The molecule has 1 heterocycles. The molecule has 0 spiro atoms. The zero-order valence-electron chi connectivity index (χ0n) is 10.1. The Labute approximate surface area is 101 Å². The maximum absolute atomic E-state index is 4.46. The van der Waals surface area contributed by atoms with Gasteiger partial charge in [0.15, 0.2) is 0 Å². The van der Waals surface area contributed by atoms with E-state index in [1.807, 2.05) is 13.1 Å². The van der Waals surface area contributed by atoms with Gasteiger partial charge in [0.05, 0.1) is 4.47 Å². The van der Waals surface area contributed by atoms with Gasteiger partial charge in [-0.15, -0.1) is 0 Å². The van der Waals surface area contributed by atoms with Crippen LogP contribution in [0.15, 0.2) is 16.7 Å². The van der Waals surface area contributed by atoms with Crippen LogP contribution in [0.1, 0.15) is 26.3 Å². The van der Waals surface area contributed by atoms with E-state index < -0.39 is 0 Å². The Hall–Kier alpha value is -0.570. The first-order valence-corrected chi connectivity index (χ1v) is 6.07. The van der Waals surface area contributed by atoms with Gasteiger partial charge in [0.1, 0.15) is 5.82 Å². The van der Waals surface area contributed by atoms with E-state index in [-0.39, 0.29) is 0 Å². The molecule has 0 saturated heterocycles. The number of hydrogen-bond acceptors (Lipinski definition) is 2. The summed E-state index contributed by atoms with van der Waals surface area (Å²) in [7, 11) is 2.09. The summed E-state index contributed by atoms with van der Waals surface area (Å²) in [6, 6.07) is 2.59. The van der Waals surface area contributed by atoms with Gasteiger partial charge in [0.25, 0.3) is 0 Å². The fourth-order valence-corrected chi connectivity index (χ4v) is 2.17. The van der Waals surface area contributed by atoms with Crippen LogP contribution in [0.3, 0.4) is 0 Å². The van der Waals surface area contributed by atoms with Gasteiger partial charge in [-0.25, -0.2) is 4.98 Å². The second kappa shape index (κ2) is 4.97. The molecular weight excluding hydrogens is 252 g/mol. The molecule has 0 N–H and O–H groups in total. The fourth-order valence-electron chi connectivity index (χ4n) is 1.43. The first-order chi connectivity index (χ1) is 6.93. The van der Waals surface area contributed by atoms with Gasteiger partial charge in [0.2, 0.25) is 0 Å². The van der Waals surface area contributed by atoms with Gasteiger partial charge < -0.3 is 4.90 Å². The first-order valence-electron chi connectivity index (χ1n) is 5.28. The van der Waals surface area contributed by atoms with Crippen molar-refractivity contribution < 1.29 is 0 Å². The second-order valence-electron chi connectivity index (χ2n) is 4.41. The van der Waals surface area contributed by atoms with Crippen molar-refractivity contribution >= 4 is 21.7 Å². The van der Waals surface area contributed by atoms with Crippen molar-refractivity contribution in [1.82, 2.24) is 4.98 Å². The molecule has 0 bridgehead atoms. The molecule has 0 aromatic carbocycles. The lowest BCUT2D eigenvalue weighted by molar-refractivity contribution is 0.502. The summed E-state index contributed by atoms with van der Waals surface area (Å²) in [5, 5.41) is 0. The third kappa shape index (κ3) is 2.94. The summed E-state index contributed by atoms with van der Waals surface area (Å²) in [4.78, 5) is 6.68. The fraction of sp³-hybridized carbons (Fsp3) is 0.583. The van der Waals surface area contributed by atoms with Crippen molar-refractivity contribution in [1.29, 1.82) is 0 Å². The Morgan fingerprint density at radius 3 is 2.40 bits per heavy atom. The number of nitrogens with zero attached hydrogens (tertiary/aromatic N) is 2. The molecule has 3 heteroatoms. The molecule has 1 atom stereocenters. The lowest BCUT2D eigenvalue weighted by Gasteiger charge is -2.29. The smallest absolute Gasteiger partial charge is 0.142 e. The number of aromatic nitrogens is 1. The minimum atomic E-state index is 0.483. The van der Waals surface area contributed by atoms with Crippen LogP contribution in [0.2, 0.25) is 0 Å². The number of pyridine rings is 1. The number of rotatable bonds is 3. The van der Waals surface area contributed by atoms with Gasteiger partial charge in [-0.05, 0) is 47.3 Å². The van der Waals surface area contributed by atoms with Crippen LogP contribution in [-0.4, -0.2) is 18.1 Å². The molecule has 0 fully saturated rings. The van der Waals surface area contributed by atoms with Crippen LogP contribution in [0.4, 0.5) is 5.82 Å². The van der Waals surface area contributed by atoms with E-state index in [4.69, 9.17) is 0 Å². The van der Waals surface area contributed by atoms with E-state index in [1.54, 1.807) is 0 Å². The maximum atomic E-state index is 4.46. The quantitative estimate of drug-likeness (QED) is 0.834. The van der Waals surface area contributed by atoms with E-state index in [1.165, 1.54) is 5.56 Å². The average molecular weight is 271 g/mol. The molecule has 84 valence electrons. The summed E-state index contributed by atoms with van der Waals surface area (Å²) in [6.45, 7) is 8.72. The van der Waals surface area contributed by atoms with Crippen LogP contribution in [-0.2, 0) is 0 Å². The van der Waals surface area contributed by atoms with Crippen molar-refractivity contribution in [2.24, 2.45) is 5.92 Å². The number of hydrogen-bond donors (Lipinski definition) is 0. The molecule has 2 nitrogen and oxygen atoms in total. The molecule has 0 radical (unpaired) electrons. The Kier molecular flexibility index (Phi) is 4.14. The Balaban J connectivity index is 2.96. The molecule has 0 aliphatic carbocycles. The Morgan fingerprint density at radius 2 is 1.93 bits per heavy atom. The molecule has 0 aliphatic rings. The average Bonchev–Trinajstić information content (AvgIpc) is 2.15. The molecule has 0 amide bonds. The van der Waals surface area contributed by atoms with Crippen LogP contribution in [0.5, 0.6) is 0 Å². The summed E-state index contributed by atoms with van der Waals surface area (Å²) < 4.78 is 1.07. The zero-order chi connectivity index (χ0) is 11.6. The van der Waals surface area contributed by atoms with E-state index in [2.05, 4.69) is 59.7 Å². The van der Waals surface area contributed by atoms with Crippen molar-refractivity contribution in [3.05, 3.63) is 22.3 Å². The van der Waals surface area contributed by atoms with E-state index in [9.17, 15) is 0 Å². The highest BCUT2D eigenvalue weighted by molar-refractivity contribution is 9.10. The van der Waals surface area contributed by atoms with Crippen LogP contribution < -0.4 is 4.90 Å². The van der Waals surface area contributed by atoms with E-state index >= 15 is 0 Å². The summed E-state index contributed by atoms with van der Waals surface area (Å²) in [5.41, 5.74) is 1.18. The highest BCUT2D eigenvalue weighted by Crippen LogP contribution is 2.26. The largest absolute Gasteiger partial charge is 0.356 e. The van der Waals surface area contributed by atoms with Gasteiger partial charge in [-0.2, -0.15) is 0 Å². The van der Waals surface area contributed by atoms with Crippen molar-refractivity contribution in [3.8, 4) is 0 Å². The molecule has 0 saturated carbocycles. The van der Waals surface area contributed by atoms with Gasteiger partial charge in [-0.3, -0.25) is 0 Å². The highest BCUT2D eigenvalue weighted by Gasteiger charge is 2.16. The topological polar surface area (TPSA) is 16.1 Å². The third-order valence-electron chi connectivity index (χ3n) is 2.87. The molecule has 1 rings (SSSR count). The van der Waals surface area contributed by atoms with Crippen LogP contribution >= 0.6 is 15.9 Å². The predicted molar refractivity (Wildman–Crippen MR) is 69.4 cm³/mol. The summed E-state index contributed by atoms with van der Waals surface area (Å²) in [5.74, 6) is 1.63. The lowest BCUT2D eigenvalue weighted by atomic mass is 10.1. The Bertz CT molecular complexity index is 336. The van der Waals surface area contributed by atoms with E-state index in [0.29, 0.717) is 12.0 Å². The Morgan fingerprint density at radius 1 is 1.33 bits per heavy atom. The molecule has 1 aromatic heterocycles. The van der Waals surface area contributed by atoms with Crippen LogP contribution in [0.25, 0.3) is 0 Å². The van der Waals surface area contributed by atoms with Crippen molar-refractivity contribution in [2.45, 2.75) is 33.7 Å². The standard InChI is InChI=1S/C12H19BrN2/c1-8(2)10(4)15(5)12-11(13)6-9(3)7-14-12/h6-8,10H,1-5H3. The van der Waals surface area contributed by atoms with Crippen molar-refractivity contribution in [3.63, 3.8) is 0 Å². The second-order valence-corrected chi connectivity index (χ2v) is 5.27. The summed E-state index contributed by atoms with van der Waals surface area (Å²) in [6.07, 6.45) is 1.91. The monoisotopic (exact) mass is 270 g/mol. The van der Waals surface area contributed by atoms with Crippen molar-refractivity contribution in [2.75, 3.05) is 11.9 Å². The zero-order valence-corrected chi connectivity index (χ0v) is 11.7. The number of anilines is 1. The molecule has 1 unspecified atom stereocenters. The minimum absolute atomic E-state index is 0.483. The maximum Gasteiger partial charge on any atom is 0.142 e. The number of aryl methyl sites for hydroxylation is 1. The normalized spacial score (nSPS) is 13.0. The molecule has 15 heavy (non-hydrogen) atoms. The van der Waals surface area contributed by atoms with Crippen LogP contribution in [0, 0.1) is 12.8 Å². The first kappa shape index (κ1) is 12.5. The minimum Gasteiger partial charge on any atom is -0.356 e. The SMILES string of the molecule is Cc1cnc(N(C)C(C)C(C)C)c(Br)c1. The predicted octanol–water partition coefficient (Wildman–Crippen LogP) is 3.63. The third-order valence-corrected chi connectivity index (χ3v) is 3.45. The van der Waals surface area contributed by atoms with Gasteiger partial charge in [0, 0.05) is 19.3 Å². The molecule has 0 aliphatic heterocycles. The van der Waals surface area contributed by atoms with Gasteiger partial charge >= 0.3 is 0 Å². The molecule has 1 aromatic rings. The van der Waals surface area contributed by atoms with E-state index in [0.717, 1.165) is 10.3 Å². The highest BCUT2D eigenvalue weighted by atomic mass is 79.9. The lowest BCUT2D eigenvalue weighted by Crippen LogP contribution is -2.34.